The molecule has 2 aromatic rings. The molecule has 0 radical (unpaired) electrons. The summed E-state index contributed by atoms with van der Waals surface area (Å²) in [5.74, 6) is 1.05. The van der Waals surface area contributed by atoms with Gasteiger partial charge < -0.3 is 19.9 Å². The van der Waals surface area contributed by atoms with Gasteiger partial charge in [0.15, 0.2) is 6.29 Å². The van der Waals surface area contributed by atoms with Crippen LogP contribution in [-0.4, -0.2) is 62.7 Å². The molecule has 1 amide bonds. The average molecular weight is 457 g/mol. The zero-order chi connectivity index (χ0) is 23.7. The second-order valence-corrected chi connectivity index (χ2v) is 7.11. The van der Waals surface area contributed by atoms with E-state index in [1.54, 1.807) is 19.2 Å². The fraction of sp³-hybridized carbons (Fsp3) is 0.385. The minimum Gasteiger partial charge on any atom is -0.497 e. The molecule has 1 aliphatic heterocycles. The molecule has 0 saturated carbocycles. The first-order valence-electron chi connectivity index (χ1n) is 10.6. The van der Waals surface area contributed by atoms with Gasteiger partial charge in [-0.1, -0.05) is 39.5 Å². The zero-order valence-electron chi connectivity index (χ0n) is 19.3. The van der Waals surface area contributed by atoms with E-state index in [-0.39, 0.29) is 19.9 Å². The van der Waals surface area contributed by atoms with E-state index in [0.717, 1.165) is 22.4 Å². The summed E-state index contributed by atoms with van der Waals surface area (Å²) in [5.41, 5.74) is 3.52. The number of benzene rings is 2. The van der Waals surface area contributed by atoms with Crippen molar-refractivity contribution in [2.45, 2.75) is 33.7 Å². The number of carbonyl (C=O) groups is 2. The summed E-state index contributed by atoms with van der Waals surface area (Å²) in [4.78, 5) is 26.5. The molecule has 0 spiro atoms. The van der Waals surface area contributed by atoms with Crippen molar-refractivity contribution in [3.8, 4) is 11.5 Å². The quantitative estimate of drug-likeness (QED) is 0.583. The Balaban J connectivity index is 0.00000177. The summed E-state index contributed by atoms with van der Waals surface area (Å²) in [6.07, 6.45) is 2.96. The first kappa shape index (κ1) is 27.9. The Morgan fingerprint density at radius 1 is 1.18 bits per heavy atom. The van der Waals surface area contributed by atoms with Crippen LogP contribution in [0.3, 0.4) is 0 Å². The van der Waals surface area contributed by atoms with E-state index in [4.69, 9.17) is 9.47 Å². The number of methoxy groups -OCH3 is 2. The Bertz CT molecular complexity index is 954. The molecule has 1 aliphatic rings. The molecule has 1 unspecified atom stereocenters. The number of amides is 1. The summed E-state index contributed by atoms with van der Waals surface area (Å²) in [7, 11) is 5.00. The maximum absolute atomic E-state index is 13.0. The number of nitrogens with zero attached hydrogens (tertiary/aromatic N) is 1. The van der Waals surface area contributed by atoms with Crippen molar-refractivity contribution in [1.82, 2.24) is 4.90 Å². The number of aliphatic hydroxyl groups is 1. The maximum Gasteiger partial charge on any atom is 0.245 e. The van der Waals surface area contributed by atoms with E-state index in [1.807, 2.05) is 56.1 Å². The van der Waals surface area contributed by atoms with Crippen molar-refractivity contribution in [1.29, 1.82) is 0 Å². The SMILES string of the molecule is C.CC.COc1ccc(C2=CC(C(=O)Nc3cc(CCO)c(OC)cc3C=O)N(C)C2)cc1. The second kappa shape index (κ2) is 13.4. The summed E-state index contributed by atoms with van der Waals surface area (Å²) >= 11 is 0. The molecule has 0 aliphatic carbocycles. The van der Waals surface area contributed by atoms with Crippen LogP contribution in [0.4, 0.5) is 5.69 Å². The van der Waals surface area contributed by atoms with Gasteiger partial charge in [0.1, 0.15) is 17.5 Å². The third kappa shape index (κ3) is 6.66. The van der Waals surface area contributed by atoms with Crippen LogP contribution < -0.4 is 14.8 Å². The van der Waals surface area contributed by atoms with E-state index in [0.29, 0.717) is 36.3 Å². The molecule has 7 nitrogen and oxygen atoms in total. The lowest BCUT2D eigenvalue weighted by atomic mass is 10.0. The van der Waals surface area contributed by atoms with Gasteiger partial charge in [-0.2, -0.15) is 0 Å². The Kier molecular flexibility index (Phi) is 11.3. The van der Waals surface area contributed by atoms with Gasteiger partial charge in [0, 0.05) is 18.7 Å². The molecule has 3 rings (SSSR count). The molecule has 1 atom stereocenters. The van der Waals surface area contributed by atoms with Gasteiger partial charge in [0.25, 0.3) is 0 Å². The minimum absolute atomic E-state index is 0. The third-order valence-electron chi connectivity index (χ3n) is 5.20. The van der Waals surface area contributed by atoms with Crippen LogP contribution in [0, 0.1) is 0 Å². The molecule has 2 aromatic carbocycles. The highest BCUT2D eigenvalue weighted by Gasteiger charge is 2.29. The van der Waals surface area contributed by atoms with Crippen LogP contribution in [0.25, 0.3) is 5.57 Å². The number of anilines is 1. The van der Waals surface area contributed by atoms with Crippen LogP contribution in [0.2, 0.25) is 0 Å². The van der Waals surface area contributed by atoms with Crippen LogP contribution in [0.1, 0.15) is 42.8 Å². The summed E-state index contributed by atoms with van der Waals surface area (Å²) in [6.45, 7) is 4.56. The number of aliphatic hydroxyl groups excluding tert-OH is 1. The summed E-state index contributed by atoms with van der Waals surface area (Å²) < 4.78 is 10.5. The number of hydrogen-bond acceptors (Lipinski definition) is 6. The topological polar surface area (TPSA) is 88.1 Å². The van der Waals surface area contributed by atoms with E-state index in [1.165, 1.54) is 7.11 Å². The molecule has 1 heterocycles. The summed E-state index contributed by atoms with van der Waals surface area (Å²) in [6, 6.07) is 10.5. The van der Waals surface area contributed by atoms with Crippen molar-refractivity contribution >= 4 is 23.5 Å². The van der Waals surface area contributed by atoms with E-state index >= 15 is 0 Å². The van der Waals surface area contributed by atoms with Gasteiger partial charge >= 0.3 is 0 Å². The number of aldehydes is 1. The minimum atomic E-state index is -0.468. The van der Waals surface area contributed by atoms with Crippen molar-refractivity contribution in [2.24, 2.45) is 0 Å². The average Bonchev–Trinajstić information content (AvgIpc) is 3.22. The van der Waals surface area contributed by atoms with Crippen LogP contribution in [-0.2, 0) is 11.2 Å². The molecule has 33 heavy (non-hydrogen) atoms. The number of hydrogen-bond donors (Lipinski definition) is 2. The van der Waals surface area contributed by atoms with Crippen molar-refractivity contribution in [2.75, 3.05) is 39.7 Å². The molecular formula is C26H36N2O5. The number of likely N-dealkylation sites (N-methyl/N-ethyl adjacent to an activating group) is 1. The third-order valence-corrected chi connectivity index (χ3v) is 5.20. The molecule has 0 aromatic heterocycles. The Morgan fingerprint density at radius 3 is 2.39 bits per heavy atom. The van der Waals surface area contributed by atoms with Gasteiger partial charge in [0.2, 0.25) is 5.91 Å². The Morgan fingerprint density at radius 2 is 1.85 bits per heavy atom. The number of carbonyl (C=O) groups excluding carboxylic acids is 2. The fourth-order valence-electron chi connectivity index (χ4n) is 3.56. The molecule has 0 fully saturated rings. The van der Waals surface area contributed by atoms with Crippen LogP contribution in [0.15, 0.2) is 42.5 Å². The van der Waals surface area contributed by atoms with Crippen LogP contribution in [0.5, 0.6) is 11.5 Å². The smallest absolute Gasteiger partial charge is 0.245 e. The summed E-state index contributed by atoms with van der Waals surface area (Å²) in [5, 5.41) is 12.1. The molecule has 2 N–H and O–H groups in total. The molecule has 0 saturated heterocycles. The maximum atomic E-state index is 13.0. The number of ether oxygens (including phenoxy) is 2. The van der Waals surface area contributed by atoms with Gasteiger partial charge in [-0.05, 0) is 54.4 Å². The highest BCUT2D eigenvalue weighted by molar-refractivity contribution is 6.01. The predicted molar refractivity (Wildman–Crippen MR) is 133 cm³/mol. The second-order valence-electron chi connectivity index (χ2n) is 7.11. The Hall–Kier alpha value is -3.16. The standard InChI is InChI=1S/C23H26N2O5.C2H6.CH4/c1-25-13-17(15-4-6-19(29-2)7-5-15)11-21(25)23(28)24-20-10-16(8-9-26)22(30-3)12-18(20)14-27;1-2;/h4-7,10-12,14,21,26H,8-9,13H2,1-3H3,(H,24,28);1-2H3;1H4. The number of rotatable bonds is 8. The van der Waals surface area contributed by atoms with Crippen molar-refractivity contribution in [3.05, 3.63) is 59.2 Å². The Labute approximate surface area is 197 Å². The first-order valence-corrected chi connectivity index (χ1v) is 10.6. The zero-order valence-corrected chi connectivity index (χ0v) is 19.3. The van der Waals surface area contributed by atoms with Crippen LogP contribution >= 0.6 is 0 Å². The largest absolute Gasteiger partial charge is 0.497 e. The number of nitrogens with one attached hydrogen (secondary N) is 1. The normalized spacial score (nSPS) is 14.8. The van der Waals surface area contributed by atoms with Crippen molar-refractivity contribution in [3.63, 3.8) is 0 Å². The van der Waals surface area contributed by atoms with Gasteiger partial charge in [0.05, 0.1) is 19.9 Å². The van der Waals surface area contributed by atoms with Gasteiger partial charge in [-0.15, -0.1) is 0 Å². The lowest BCUT2D eigenvalue weighted by Gasteiger charge is -2.20. The van der Waals surface area contributed by atoms with E-state index in [2.05, 4.69) is 5.32 Å². The van der Waals surface area contributed by atoms with E-state index < -0.39 is 6.04 Å². The highest BCUT2D eigenvalue weighted by atomic mass is 16.5. The highest BCUT2D eigenvalue weighted by Crippen LogP contribution is 2.29. The lowest BCUT2D eigenvalue weighted by Crippen LogP contribution is -2.37. The van der Waals surface area contributed by atoms with Gasteiger partial charge in [-0.25, -0.2) is 0 Å². The molecule has 0 bridgehead atoms. The molecule has 180 valence electrons. The fourth-order valence-corrected chi connectivity index (χ4v) is 3.56. The monoisotopic (exact) mass is 456 g/mol. The van der Waals surface area contributed by atoms with Crippen molar-refractivity contribution < 1.29 is 24.2 Å². The van der Waals surface area contributed by atoms with Gasteiger partial charge in [-0.3, -0.25) is 14.5 Å². The first-order chi connectivity index (χ1) is 15.5. The molecule has 7 heteroatoms. The lowest BCUT2D eigenvalue weighted by molar-refractivity contribution is -0.118. The van der Waals surface area contributed by atoms with E-state index in [9.17, 15) is 14.7 Å². The molecular weight excluding hydrogens is 420 g/mol. The predicted octanol–water partition coefficient (Wildman–Crippen LogP) is 4.05.